The van der Waals surface area contributed by atoms with Crippen molar-refractivity contribution in [1.29, 1.82) is 0 Å². The monoisotopic (exact) mass is 401 g/mol. The van der Waals surface area contributed by atoms with Crippen LogP contribution in [0.1, 0.15) is 19.4 Å². The molecule has 0 aliphatic heterocycles. The molecule has 0 bridgehead atoms. The van der Waals surface area contributed by atoms with Gasteiger partial charge in [0, 0.05) is 36.0 Å². The van der Waals surface area contributed by atoms with Crippen molar-refractivity contribution in [2.45, 2.75) is 13.8 Å². The van der Waals surface area contributed by atoms with Crippen molar-refractivity contribution in [3.05, 3.63) is 57.8 Å². The van der Waals surface area contributed by atoms with Gasteiger partial charge in [-0.2, -0.15) is 14.9 Å². The first-order chi connectivity index (χ1) is 13.0. The highest BCUT2D eigenvalue weighted by Gasteiger charge is 2.11. The molecule has 27 heavy (non-hydrogen) atoms. The van der Waals surface area contributed by atoms with Gasteiger partial charge in [-0.25, -0.2) is 5.10 Å². The van der Waals surface area contributed by atoms with Gasteiger partial charge >= 0.3 is 0 Å². The van der Waals surface area contributed by atoms with Gasteiger partial charge in [0.25, 0.3) is 0 Å². The number of rotatable bonds is 6. The Morgan fingerprint density at radius 3 is 2.67 bits per heavy atom. The third-order valence-electron chi connectivity index (χ3n) is 4.22. The maximum Gasteiger partial charge on any atom is 0.216 e. The summed E-state index contributed by atoms with van der Waals surface area (Å²) in [5.41, 5.74) is 2.26. The molecule has 0 saturated heterocycles. The summed E-state index contributed by atoms with van der Waals surface area (Å²) in [5.74, 6) is 0.651. The van der Waals surface area contributed by atoms with E-state index in [4.69, 9.17) is 23.8 Å². The molecule has 0 fully saturated rings. The second kappa shape index (κ2) is 8.37. The Labute approximate surface area is 167 Å². The summed E-state index contributed by atoms with van der Waals surface area (Å²) in [6, 6.07) is 12.8. The van der Waals surface area contributed by atoms with Gasteiger partial charge in [-0.3, -0.25) is 0 Å². The first-order valence-electron chi connectivity index (χ1n) is 8.59. The van der Waals surface area contributed by atoms with Crippen molar-refractivity contribution in [1.82, 2.24) is 14.9 Å². The van der Waals surface area contributed by atoms with Crippen LogP contribution in [0.2, 0.25) is 5.02 Å². The predicted octanol–water partition coefficient (Wildman–Crippen LogP) is 4.70. The molecular weight excluding hydrogens is 382 g/mol. The van der Waals surface area contributed by atoms with E-state index in [1.54, 1.807) is 18.3 Å². The number of H-pyrrole nitrogens is 1. The highest BCUT2D eigenvalue weighted by atomic mass is 35.5. The average molecular weight is 402 g/mol. The number of nitrogens with zero attached hydrogens (tertiary/aromatic N) is 4. The SMILES string of the molecule is CCN(CC)c1ccc(/C=N\n2c(-c3ccccc3Cl)n[nH]c2=S)c(O)c1. The summed E-state index contributed by atoms with van der Waals surface area (Å²) in [4.78, 5) is 2.16. The molecule has 0 unspecified atom stereocenters. The van der Waals surface area contributed by atoms with E-state index in [1.165, 1.54) is 4.68 Å². The zero-order valence-electron chi connectivity index (χ0n) is 15.1. The van der Waals surface area contributed by atoms with Crippen LogP contribution in [0.5, 0.6) is 5.75 Å². The number of aromatic hydroxyl groups is 1. The third-order valence-corrected chi connectivity index (χ3v) is 4.81. The van der Waals surface area contributed by atoms with E-state index in [-0.39, 0.29) is 5.75 Å². The van der Waals surface area contributed by atoms with Gasteiger partial charge in [-0.15, -0.1) is 0 Å². The Morgan fingerprint density at radius 1 is 1.26 bits per heavy atom. The van der Waals surface area contributed by atoms with Crippen LogP contribution < -0.4 is 4.90 Å². The largest absolute Gasteiger partial charge is 0.507 e. The number of aromatic amines is 1. The zero-order chi connectivity index (χ0) is 19.4. The minimum Gasteiger partial charge on any atom is -0.507 e. The van der Waals surface area contributed by atoms with Crippen LogP contribution in [-0.4, -0.2) is 39.3 Å². The second-order valence-electron chi connectivity index (χ2n) is 5.80. The average Bonchev–Trinajstić information content (AvgIpc) is 3.03. The van der Waals surface area contributed by atoms with Crippen molar-refractivity contribution >= 4 is 35.7 Å². The van der Waals surface area contributed by atoms with E-state index in [2.05, 4.69) is 34.0 Å². The second-order valence-corrected chi connectivity index (χ2v) is 6.60. The van der Waals surface area contributed by atoms with Gasteiger partial charge in [-0.1, -0.05) is 23.7 Å². The highest BCUT2D eigenvalue weighted by Crippen LogP contribution is 2.27. The topological polar surface area (TPSA) is 69.4 Å². The Hall–Kier alpha value is -2.64. The lowest BCUT2D eigenvalue weighted by Gasteiger charge is -2.21. The van der Waals surface area contributed by atoms with Gasteiger partial charge in [0.15, 0.2) is 5.82 Å². The van der Waals surface area contributed by atoms with E-state index in [0.29, 0.717) is 26.7 Å². The number of nitrogens with one attached hydrogen (secondary N) is 1. The van der Waals surface area contributed by atoms with Crippen molar-refractivity contribution in [2.75, 3.05) is 18.0 Å². The fraction of sp³-hybridized carbons (Fsp3) is 0.211. The molecule has 2 aromatic carbocycles. The molecule has 8 heteroatoms. The number of phenolic OH excluding ortho intramolecular Hbond substituents is 1. The van der Waals surface area contributed by atoms with Crippen LogP contribution in [0, 0.1) is 4.77 Å². The van der Waals surface area contributed by atoms with Gasteiger partial charge in [0.2, 0.25) is 4.77 Å². The number of hydrogen-bond acceptors (Lipinski definition) is 5. The number of hydrogen-bond donors (Lipinski definition) is 2. The fourth-order valence-corrected chi connectivity index (χ4v) is 3.16. The summed E-state index contributed by atoms with van der Waals surface area (Å²) >= 11 is 11.5. The van der Waals surface area contributed by atoms with Crippen LogP contribution in [-0.2, 0) is 0 Å². The van der Waals surface area contributed by atoms with Crippen molar-refractivity contribution < 1.29 is 5.11 Å². The number of halogens is 1. The van der Waals surface area contributed by atoms with Crippen molar-refractivity contribution in [3.8, 4) is 17.1 Å². The number of phenols is 1. The molecule has 1 aromatic heterocycles. The van der Waals surface area contributed by atoms with Crippen LogP contribution in [0.15, 0.2) is 47.6 Å². The standard InChI is InChI=1S/C19H20ClN5OS/c1-3-24(4-2)14-10-9-13(17(26)11-14)12-21-25-18(22-23-19(25)27)15-7-5-6-8-16(15)20/h5-12,26H,3-4H2,1-2H3,(H,23,27)/b21-12-. The normalized spacial score (nSPS) is 11.2. The minimum absolute atomic E-state index is 0.150. The van der Waals surface area contributed by atoms with Gasteiger partial charge in [0.1, 0.15) is 5.75 Å². The molecule has 0 aliphatic carbocycles. The lowest BCUT2D eigenvalue weighted by atomic mass is 10.2. The first kappa shape index (κ1) is 19.1. The molecule has 1 heterocycles. The first-order valence-corrected chi connectivity index (χ1v) is 9.38. The fourth-order valence-electron chi connectivity index (χ4n) is 2.76. The smallest absolute Gasteiger partial charge is 0.216 e. The quantitative estimate of drug-likeness (QED) is 0.464. The molecule has 0 spiro atoms. The Balaban J connectivity index is 1.95. The third kappa shape index (κ3) is 4.04. The Bertz CT molecular complexity index is 1020. The van der Waals surface area contributed by atoms with E-state index < -0.39 is 0 Å². The molecule has 140 valence electrons. The summed E-state index contributed by atoms with van der Waals surface area (Å²) < 4.78 is 1.81. The molecular formula is C19H20ClN5OS. The highest BCUT2D eigenvalue weighted by molar-refractivity contribution is 7.71. The molecule has 0 saturated carbocycles. The molecule has 0 amide bonds. The number of aromatic nitrogens is 3. The lowest BCUT2D eigenvalue weighted by molar-refractivity contribution is 0.474. The Kier molecular flexibility index (Phi) is 5.93. The summed E-state index contributed by atoms with van der Waals surface area (Å²) in [6.45, 7) is 5.89. The summed E-state index contributed by atoms with van der Waals surface area (Å²) in [7, 11) is 0. The van der Waals surface area contributed by atoms with Crippen LogP contribution >= 0.6 is 23.8 Å². The van der Waals surface area contributed by atoms with E-state index in [1.807, 2.05) is 30.3 Å². The van der Waals surface area contributed by atoms with Crippen molar-refractivity contribution in [3.63, 3.8) is 0 Å². The molecule has 2 N–H and O–H groups in total. The molecule has 3 rings (SSSR count). The number of anilines is 1. The Morgan fingerprint density at radius 2 is 2.00 bits per heavy atom. The lowest BCUT2D eigenvalue weighted by Crippen LogP contribution is -2.21. The summed E-state index contributed by atoms with van der Waals surface area (Å²) in [5, 5.41) is 22.2. The van der Waals surface area contributed by atoms with E-state index in [9.17, 15) is 5.11 Å². The minimum atomic E-state index is 0.150. The van der Waals surface area contributed by atoms with Crippen LogP contribution in [0.25, 0.3) is 11.4 Å². The number of benzene rings is 2. The predicted molar refractivity (Wildman–Crippen MR) is 113 cm³/mol. The molecule has 0 aliphatic rings. The van der Waals surface area contributed by atoms with Gasteiger partial charge in [0.05, 0.1) is 11.2 Å². The summed E-state index contributed by atoms with van der Waals surface area (Å²) in [6.07, 6.45) is 1.55. The zero-order valence-corrected chi connectivity index (χ0v) is 16.6. The van der Waals surface area contributed by atoms with E-state index >= 15 is 0 Å². The molecule has 6 nitrogen and oxygen atoms in total. The van der Waals surface area contributed by atoms with Gasteiger partial charge < -0.3 is 10.0 Å². The van der Waals surface area contributed by atoms with Crippen LogP contribution in [0.3, 0.4) is 0 Å². The molecule has 3 aromatic rings. The van der Waals surface area contributed by atoms with Crippen LogP contribution in [0.4, 0.5) is 5.69 Å². The van der Waals surface area contributed by atoms with Crippen molar-refractivity contribution in [2.24, 2.45) is 5.10 Å². The maximum absolute atomic E-state index is 10.4. The maximum atomic E-state index is 10.4. The van der Waals surface area contributed by atoms with E-state index in [0.717, 1.165) is 18.8 Å². The molecule has 0 atom stereocenters. The molecule has 0 radical (unpaired) electrons. The van der Waals surface area contributed by atoms with Gasteiger partial charge in [-0.05, 0) is 50.3 Å².